The first kappa shape index (κ1) is 72.9. The normalized spacial score (nSPS) is 12.1. The summed E-state index contributed by atoms with van der Waals surface area (Å²) in [5.41, 5.74) is 0. The predicted molar refractivity (Wildman–Crippen MR) is 326 cm³/mol. The topological polar surface area (TPSA) is 78.9 Å². The lowest BCUT2D eigenvalue weighted by Crippen LogP contribution is -2.30. The zero-order chi connectivity index (χ0) is 54.3. The summed E-state index contributed by atoms with van der Waals surface area (Å²) in [6.45, 7) is 6.70. The van der Waals surface area contributed by atoms with Crippen LogP contribution in [-0.2, 0) is 28.6 Å². The second-order valence-corrected chi connectivity index (χ2v) is 23.1. The minimum atomic E-state index is -0.775. The van der Waals surface area contributed by atoms with E-state index in [0.717, 1.165) is 64.2 Å². The molecule has 442 valence electrons. The number of ether oxygens (including phenoxy) is 3. The SMILES string of the molecule is CCCCCCCC/C=C\CCCCCCCCCC(=O)OC(COC(=O)CCCCCCC/C=C\CCCCCCCCC)COC(=O)CCCCCCCCCCCCCCCCCCCCCCCCCC. The summed E-state index contributed by atoms with van der Waals surface area (Å²) in [5.74, 6) is -0.855. The summed E-state index contributed by atoms with van der Waals surface area (Å²) in [5, 5.41) is 0. The highest BCUT2D eigenvalue weighted by atomic mass is 16.6. The van der Waals surface area contributed by atoms with Crippen LogP contribution in [0.5, 0.6) is 0 Å². The van der Waals surface area contributed by atoms with E-state index in [4.69, 9.17) is 14.2 Å². The fraction of sp³-hybridized carbons (Fsp3) is 0.899. The number of rotatable bonds is 63. The molecular weight excluding hydrogens is 925 g/mol. The van der Waals surface area contributed by atoms with Crippen molar-refractivity contribution in [1.82, 2.24) is 0 Å². The van der Waals surface area contributed by atoms with Crippen molar-refractivity contribution in [3.8, 4) is 0 Å². The van der Waals surface area contributed by atoms with E-state index in [-0.39, 0.29) is 31.1 Å². The molecule has 6 nitrogen and oxygen atoms in total. The van der Waals surface area contributed by atoms with Crippen LogP contribution in [0.2, 0.25) is 0 Å². The van der Waals surface area contributed by atoms with Gasteiger partial charge in [0.1, 0.15) is 13.2 Å². The van der Waals surface area contributed by atoms with Gasteiger partial charge in [0, 0.05) is 19.3 Å². The number of hydrogen-bond donors (Lipinski definition) is 0. The van der Waals surface area contributed by atoms with Gasteiger partial charge >= 0.3 is 17.9 Å². The van der Waals surface area contributed by atoms with Crippen LogP contribution in [0.3, 0.4) is 0 Å². The van der Waals surface area contributed by atoms with E-state index in [1.165, 1.54) is 276 Å². The highest BCUT2D eigenvalue weighted by Crippen LogP contribution is 2.18. The van der Waals surface area contributed by atoms with Gasteiger partial charge in [0.15, 0.2) is 6.10 Å². The monoisotopic (exact) mass is 1050 g/mol. The van der Waals surface area contributed by atoms with Gasteiger partial charge in [-0.1, -0.05) is 315 Å². The Bertz CT molecular complexity index is 1210. The number of unbranched alkanes of at least 4 members (excludes halogenated alkanes) is 48. The van der Waals surface area contributed by atoms with E-state index in [1.807, 2.05) is 0 Å². The molecule has 0 radical (unpaired) electrons. The standard InChI is InChI=1S/C69H130O6/c1-4-7-10-13-16-19-22-25-28-31-32-33-34-35-36-37-39-41-44-47-50-53-56-59-62-68(71)74-65-66(64-73-67(70)61-58-55-52-49-46-43-40-30-27-24-21-18-15-12-9-6-3)75-69(72)63-60-57-54-51-48-45-42-38-29-26-23-20-17-14-11-8-5-2/h26,29-30,40,66H,4-25,27-28,31-39,41-65H2,1-3H3/b29-26-,40-30-. The van der Waals surface area contributed by atoms with Gasteiger partial charge in [0.2, 0.25) is 0 Å². The molecule has 0 aromatic carbocycles. The van der Waals surface area contributed by atoms with Gasteiger partial charge in [-0.05, 0) is 70.6 Å². The molecule has 0 spiro atoms. The molecule has 1 unspecified atom stereocenters. The maximum atomic E-state index is 12.9. The van der Waals surface area contributed by atoms with Crippen molar-refractivity contribution in [2.75, 3.05) is 13.2 Å². The van der Waals surface area contributed by atoms with Crippen molar-refractivity contribution in [1.29, 1.82) is 0 Å². The highest BCUT2D eigenvalue weighted by Gasteiger charge is 2.19. The van der Waals surface area contributed by atoms with Gasteiger partial charge in [-0.25, -0.2) is 0 Å². The predicted octanol–water partition coefficient (Wildman–Crippen LogP) is 23.0. The van der Waals surface area contributed by atoms with Crippen molar-refractivity contribution in [3.63, 3.8) is 0 Å². The van der Waals surface area contributed by atoms with Gasteiger partial charge in [-0.2, -0.15) is 0 Å². The summed E-state index contributed by atoms with van der Waals surface area (Å²) in [4.78, 5) is 38.4. The number of carbonyl (C=O) groups excluding carboxylic acids is 3. The number of esters is 3. The second-order valence-electron chi connectivity index (χ2n) is 23.1. The van der Waals surface area contributed by atoms with Crippen LogP contribution < -0.4 is 0 Å². The van der Waals surface area contributed by atoms with Gasteiger partial charge in [0.25, 0.3) is 0 Å². The van der Waals surface area contributed by atoms with Crippen molar-refractivity contribution in [2.24, 2.45) is 0 Å². The fourth-order valence-electron chi connectivity index (χ4n) is 10.3. The molecule has 0 heterocycles. The van der Waals surface area contributed by atoms with E-state index in [9.17, 15) is 14.4 Å². The summed E-state index contributed by atoms with van der Waals surface area (Å²) in [7, 11) is 0. The minimum absolute atomic E-state index is 0.0705. The first-order valence-corrected chi connectivity index (χ1v) is 33.8. The fourth-order valence-corrected chi connectivity index (χ4v) is 10.3. The number of carbonyl (C=O) groups is 3. The molecule has 6 heteroatoms. The molecule has 0 aromatic rings. The Balaban J connectivity index is 4.27. The lowest BCUT2D eigenvalue weighted by Gasteiger charge is -2.18. The molecule has 0 fully saturated rings. The lowest BCUT2D eigenvalue weighted by molar-refractivity contribution is -0.167. The first-order chi connectivity index (χ1) is 37.0. The Morgan fingerprint density at radius 1 is 0.253 bits per heavy atom. The van der Waals surface area contributed by atoms with E-state index < -0.39 is 6.10 Å². The summed E-state index contributed by atoms with van der Waals surface area (Å²) in [6, 6.07) is 0. The average Bonchev–Trinajstić information content (AvgIpc) is 3.41. The molecule has 0 aliphatic rings. The van der Waals surface area contributed by atoms with E-state index >= 15 is 0 Å². The third-order valence-electron chi connectivity index (χ3n) is 15.4. The third-order valence-corrected chi connectivity index (χ3v) is 15.4. The Morgan fingerprint density at radius 2 is 0.440 bits per heavy atom. The zero-order valence-corrected chi connectivity index (χ0v) is 50.8. The smallest absolute Gasteiger partial charge is 0.306 e. The molecule has 75 heavy (non-hydrogen) atoms. The minimum Gasteiger partial charge on any atom is -0.462 e. The average molecular weight is 1060 g/mol. The summed E-state index contributed by atoms with van der Waals surface area (Å²) < 4.78 is 17.0. The van der Waals surface area contributed by atoms with Gasteiger partial charge in [-0.15, -0.1) is 0 Å². The van der Waals surface area contributed by atoms with Crippen LogP contribution in [0.4, 0.5) is 0 Å². The third kappa shape index (κ3) is 62.6. The lowest BCUT2D eigenvalue weighted by atomic mass is 10.0. The molecule has 0 aliphatic heterocycles. The van der Waals surface area contributed by atoms with Crippen LogP contribution in [0, 0.1) is 0 Å². The molecule has 0 saturated heterocycles. The van der Waals surface area contributed by atoms with Crippen molar-refractivity contribution >= 4 is 17.9 Å². The van der Waals surface area contributed by atoms with Gasteiger partial charge in [0.05, 0.1) is 0 Å². The second kappa shape index (κ2) is 64.4. The summed E-state index contributed by atoms with van der Waals surface area (Å²) >= 11 is 0. The van der Waals surface area contributed by atoms with Crippen LogP contribution in [-0.4, -0.2) is 37.2 Å². The van der Waals surface area contributed by atoms with E-state index in [1.54, 1.807) is 0 Å². The Morgan fingerprint density at radius 3 is 0.667 bits per heavy atom. The Labute approximate surface area is 468 Å². The molecule has 0 saturated carbocycles. The largest absolute Gasteiger partial charge is 0.462 e. The van der Waals surface area contributed by atoms with Gasteiger partial charge < -0.3 is 14.2 Å². The highest BCUT2D eigenvalue weighted by molar-refractivity contribution is 5.71. The van der Waals surface area contributed by atoms with E-state index in [2.05, 4.69) is 45.1 Å². The molecule has 1 atom stereocenters. The maximum Gasteiger partial charge on any atom is 0.306 e. The molecule has 0 bridgehead atoms. The molecule has 0 rings (SSSR count). The molecular formula is C69H130O6. The molecule has 0 aliphatic carbocycles. The quantitative estimate of drug-likeness (QED) is 0.0261. The van der Waals surface area contributed by atoms with Crippen LogP contribution >= 0.6 is 0 Å². The van der Waals surface area contributed by atoms with Gasteiger partial charge in [-0.3, -0.25) is 14.4 Å². The van der Waals surface area contributed by atoms with Crippen LogP contribution in [0.1, 0.15) is 380 Å². The summed E-state index contributed by atoms with van der Waals surface area (Å²) in [6.07, 6.45) is 77.7. The van der Waals surface area contributed by atoms with Crippen molar-refractivity contribution < 1.29 is 28.6 Å². The molecule has 0 N–H and O–H groups in total. The zero-order valence-electron chi connectivity index (χ0n) is 50.8. The Kier molecular flexibility index (Phi) is 62.6. The van der Waals surface area contributed by atoms with Crippen molar-refractivity contribution in [3.05, 3.63) is 24.3 Å². The molecule has 0 amide bonds. The van der Waals surface area contributed by atoms with Crippen LogP contribution in [0.25, 0.3) is 0 Å². The number of allylic oxidation sites excluding steroid dienone is 4. The first-order valence-electron chi connectivity index (χ1n) is 33.8. The van der Waals surface area contributed by atoms with E-state index in [0.29, 0.717) is 19.3 Å². The molecule has 0 aromatic heterocycles. The maximum absolute atomic E-state index is 12.9. The van der Waals surface area contributed by atoms with Crippen molar-refractivity contribution in [2.45, 2.75) is 386 Å². The Hall–Kier alpha value is -2.11. The van der Waals surface area contributed by atoms with Crippen LogP contribution in [0.15, 0.2) is 24.3 Å². The number of hydrogen-bond acceptors (Lipinski definition) is 6.